The lowest BCUT2D eigenvalue weighted by Crippen LogP contribution is -2.47. The zero-order valence-corrected chi connectivity index (χ0v) is 10.9. The fraction of sp³-hybridized carbons (Fsp3) is 0.500. The summed E-state index contributed by atoms with van der Waals surface area (Å²) in [4.78, 5) is 29.1. The van der Waals surface area contributed by atoms with Crippen LogP contribution < -0.4 is 0 Å². The molecular weight excluding hydrogens is 263 g/mol. The van der Waals surface area contributed by atoms with Gasteiger partial charge in [0, 0.05) is 12.6 Å². The van der Waals surface area contributed by atoms with Crippen molar-refractivity contribution in [2.24, 2.45) is 5.92 Å². The molecule has 3 rings (SSSR count). The molecule has 5 nitrogen and oxygen atoms in total. The van der Waals surface area contributed by atoms with Gasteiger partial charge >= 0.3 is 5.97 Å². The van der Waals surface area contributed by atoms with Crippen LogP contribution in [0.2, 0.25) is 0 Å². The van der Waals surface area contributed by atoms with E-state index in [1.54, 1.807) is 4.90 Å². The maximum Gasteiger partial charge on any atom is 0.308 e. The Hall–Kier alpha value is -1.98. The molecule has 2 aliphatic rings. The van der Waals surface area contributed by atoms with E-state index in [0.717, 1.165) is 0 Å². The number of aryl methyl sites for hydroxylation is 1. The Bertz CT molecular complexity index is 576. The first-order valence-electron chi connectivity index (χ1n) is 6.75. The highest BCUT2D eigenvalue weighted by Gasteiger charge is 2.37. The number of rotatable bonds is 1. The molecule has 0 aromatic carbocycles. The van der Waals surface area contributed by atoms with Crippen LogP contribution in [0.15, 0.2) is 12.1 Å². The summed E-state index contributed by atoms with van der Waals surface area (Å²) < 4.78 is 13.2. The van der Waals surface area contributed by atoms with Gasteiger partial charge in [-0.1, -0.05) is 0 Å². The molecule has 6 heteroatoms. The molecule has 1 aromatic heterocycles. The van der Waals surface area contributed by atoms with Crippen LogP contribution in [0.25, 0.3) is 0 Å². The monoisotopic (exact) mass is 278 g/mol. The minimum Gasteiger partial charge on any atom is -0.481 e. The molecule has 106 valence electrons. The lowest BCUT2D eigenvalue weighted by Gasteiger charge is -2.37. The summed E-state index contributed by atoms with van der Waals surface area (Å²) in [7, 11) is 0. The number of aliphatic carboxylic acids is 1. The number of hydrogen-bond acceptors (Lipinski definition) is 3. The maximum absolute atomic E-state index is 13.2. The number of carboxylic acid groups (broad SMARTS) is 1. The van der Waals surface area contributed by atoms with Gasteiger partial charge in [-0.2, -0.15) is 4.39 Å². The van der Waals surface area contributed by atoms with Crippen molar-refractivity contribution in [1.82, 2.24) is 9.88 Å². The number of hydrogen-bond donors (Lipinski definition) is 1. The van der Waals surface area contributed by atoms with Gasteiger partial charge in [0.15, 0.2) is 0 Å². The Morgan fingerprint density at radius 1 is 1.35 bits per heavy atom. The van der Waals surface area contributed by atoms with Gasteiger partial charge in [-0.05, 0) is 37.8 Å². The highest BCUT2D eigenvalue weighted by atomic mass is 19.1. The summed E-state index contributed by atoms with van der Waals surface area (Å²) in [6, 6.07) is 2.66. The molecule has 20 heavy (non-hydrogen) atoms. The van der Waals surface area contributed by atoms with Gasteiger partial charge in [-0.3, -0.25) is 9.59 Å². The fourth-order valence-corrected chi connectivity index (χ4v) is 3.10. The van der Waals surface area contributed by atoms with Gasteiger partial charge in [0.25, 0.3) is 5.91 Å². The van der Waals surface area contributed by atoms with E-state index >= 15 is 0 Å². The van der Waals surface area contributed by atoms with Crippen molar-refractivity contribution in [3.8, 4) is 0 Å². The van der Waals surface area contributed by atoms with Crippen molar-refractivity contribution in [3.05, 3.63) is 29.3 Å². The van der Waals surface area contributed by atoms with Crippen molar-refractivity contribution >= 4 is 11.9 Å². The number of halogens is 1. The fourth-order valence-electron chi connectivity index (χ4n) is 3.10. The first-order chi connectivity index (χ1) is 9.56. The van der Waals surface area contributed by atoms with E-state index in [4.69, 9.17) is 5.11 Å². The van der Waals surface area contributed by atoms with Crippen LogP contribution in [0.3, 0.4) is 0 Å². The van der Waals surface area contributed by atoms with E-state index in [-0.39, 0.29) is 18.5 Å². The van der Waals surface area contributed by atoms with Crippen LogP contribution in [0.1, 0.15) is 35.3 Å². The van der Waals surface area contributed by atoms with Gasteiger partial charge in [0.1, 0.15) is 0 Å². The zero-order chi connectivity index (χ0) is 14.3. The number of aromatic nitrogens is 1. The predicted octanol–water partition coefficient (Wildman–Crippen LogP) is 1.47. The second-order valence-electron chi connectivity index (χ2n) is 5.39. The van der Waals surface area contributed by atoms with E-state index < -0.39 is 17.8 Å². The van der Waals surface area contributed by atoms with Crippen molar-refractivity contribution in [2.45, 2.75) is 31.7 Å². The van der Waals surface area contributed by atoms with Crippen LogP contribution in [0.5, 0.6) is 0 Å². The molecule has 1 fully saturated rings. The number of pyridine rings is 1. The van der Waals surface area contributed by atoms with Crippen LogP contribution in [-0.4, -0.2) is 39.5 Å². The molecule has 0 bridgehead atoms. The molecule has 1 saturated heterocycles. The first-order valence-corrected chi connectivity index (χ1v) is 6.75. The number of nitrogens with zero attached hydrogens (tertiary/aromatic N) is 2. The topological polar surface area (TPSA) is 70.5 Å². The van der Waals surface area contributed by atoms with Crippen LogP contribution in [-0.2, 0) is 11.2 Å². The number of carbonyl (C=O) groups excluding carboxylic acids is 1. The van der Waals surface area contributed by atoms with E-state index in [2.05, 4.69) is 4.98 Å². The molecular formula is C14H15FN2O3. The van der Waals surface area contributed by atoms with Crippen molar-refractivity contribution in [2.75, 3.05) is 6.54 Å². The molecule has 0 aliphatic carbocycles. The van der Waals surface area contributed by atoms with Crippen molar-refractivity contribution < 1.29 is 19.1 Å². The van der Waals surface area contributed by atoms with Gasteiger partial charge < -0.3 is 10.0 Å². The SMILES string of the molecule is O=C(O)C1CCC2CCc3nc(F)ccc3C(=O)N2C1. The van der Waals surface area contributed by atoms with E-state index in [9.17, 15) is 14.0 Å². The second-order valence-corrected chi connectivity index (χ2v) is 5.39. The molecule has 0 saturated carbocycles. The molecule has 3 heterocycles. The van der Waals surface area contributed by atoms with Crippen molar-refractivity contribution in [3.63, 3.8) is 0 Å². The second kappa shape index (κ2) is 4.85. The van der Waals surface area contributed by atoms with Crippen LogP contribution in [0, 0.1) is 11.9 Å². The molecule has 1 aromatic rings. The minimum atomic E-state index is -0.863. The molecule has 2 unspecified atom stereocenters. The molecule has 1 N–H and O–H groups in total. The Labute approximate surface area is 115 Å². The summed E-state index contributed by atoms with van der Waals surface area (Å²) in [6.45, 7) is 0.232. The van der Waals surface area contributed by atoms with Crippen LogP contribution >= 0.6 is 0 Å². The van der Waals surface area contributed by atoms with Gasteiger partial charge in [-0.25, -0.2) is 4.98 Å². The normalized spacial score (nSPS) is 25.6. The zero-order valence-electron chi connectivity index (χ0n) is 10.9. The van der Waals surface area contributed by atoms with Crippen LogP contribution in [0.4, 0.5) is 4.39 Å². The summed E-state index contributed by atoms with van der Waals surface area (Å²) in [5.74, 6) is -2.18. The van der Waals surface area contributed by atoms with E-state index in [1.807, 2.05) is 0 Å². The first kappa shape index (κ1) is 13.0. The smallest absolute Gasteiger partial charge is 0.308 e. The third-order valence-electron chi connectivity index (χ3n) is 4.20. The molecule has 1 amide bonds. The third kappa shape index (κ3) is 2.15. The van der Waals surface area contributed by atoms with Gasteiger partial charge in [0.2, 0.25) is 5.95 Å². The van der Waals surface area contributed by atoms with Crippen molar-refractivity contribution in [1.29, 1.82) is 0 Å². The molecule has 0 radical (unpaired) electrons. The molecule has 0 spiro atoms. The van der Waals surface area contributed by atoms with E-state index in [0.29, 0.717) is 36.9 Å². The summed E-state index contributed by atoms with van der Waals surface area (Å²) in [5, 5.41) is 9.12. The highest BCUT2D eigenvalue weighted by Crippen LogP contribution is 2.30. The number of carboxylic acids is 1. The molecule has 2 atom stereocenters. The number of fused-ring (bicyclic) bond motifs is 2. The number of piperidine rings is 1. The summed E-state index contributed by atoms with van der Waals surface area (Å²) in [5.41, 5.74) is 0.885. The minimum absolute atomic E-state index is 0.0374. The number of amides is 1. The largest absolute Gasteiger partial charge is 0.481 e. The quantitative estimate of drug-likeness (QED) is 0.790. The van der Waals surface area contributed by atoms with E-state index in [1.165, 1.54) is 12.1 Å². The maximum atomic E-state index is 13.2. The third-order valence-corrected chi connectivity index (χ3v) is 4.20. The van der Waals surface area contributed by atoms with Gasteiger partial charge in [0.05, 0.1) is 17.2 Å². The standard InChI is InChI=1S/C14H15FN2O3/c15-12-6-4-10-11(16-12)5-3-9-2-1-8(14(19)20)7-17(9)13(10)18/h4,6,8-9H,1-3,5,7H2,(H,19,20). The number of carbonyl (C=O) groups is 2. The lowest BCUT2D eigenvalue weighted by atomic mass is 9.91. The average molecular weight is 278 g/mol. The summed E-state index contributed by atoms with van der Waals surface area (Å²) in [6.07, 6.45) is 2.53. The highest BCUT2D eigenvalue weighted by molar-refractivity contribution is 5.96. The average Bonchev–Trinajstić information content (AvgIpc) is 2.56. The Balaban J connectivity index is 1.93. The Morgan fingerprint density at radius 3 is 2.90 bits per heavy atom. The molecule has 2 aliphatic heterocycles. The Kier molecular flexibility index (Phi) is 3.16. The van der Waals surface area contributed by atoms with Gasteiger partial charge in [-0.15, -0.1) is 0 Å². The predicted molar refractivity (Wildman–Crippen MR) is 67.7 cm³/mol. The Morgan fingerprint density at radius 2 is 2.15 bits per heavy atom. The summed E-state index contributed by atoms with van der Waals surface area (Å²) >= 11 is 0. The lowest BCUT2D eigenvalue weighted by molar-refractivity contribution is -0.143.